The predicted molar refractivity (Wildman–Crippen MR) is 165 cm³/mol. The molecule has 2 fully saturated rings. The van der Waals surface area contributed by atoms with Gasteiger partial charge in [0.1, 0.15) is 0 Å². The largest absolute Gasteiger partial charge is 0.303 e. The van der Waals surface area contributed by atoms with Gasteiger partial charge in [0.15, 0.2) is 0 Å². The third kappa shape index (κ3) is 21.2. The van der Waals surface area contributed by atoms with Crippen LogP contribution in [-0.4, -0.2) is 49.1 Å². The van der Waals surface area contributed by atoms with Gasteiger partial charge in [0.25, 0.3) is 0 Å². The van der Waals surface area contributed by atoms with Crippen LogP contribution in [0.25, 0.3) is 0 Å². The van der Waals surface area contributed by atoms with E-state index in [-0.39, 0.29) is 24.8 Å². The molecule has 0 amide bonds. The van der Waals surface area contributed by atoms with Gasteiger partial charge >= 0.3 is 0 Å². The van der Waals surface area contributed by atoms with Crippen molar-refractivity contribution in [3.8, 4) is 0 Å². The van der Waals surface area contributed by atoms with Gasteiger partial charge in [-0.25, -0.2) is 0 Å². The molecule has 0 aromatic carbocycles. The van der Waals surface area contributed by atoms with Crippen LogP contribution in [-0.2, 0) is 0 Å². The fourth-order valence-electron chi connectivity index (χ4n) is 5.79. The van der Waals surface area contributed by atoms with Gasteiger partial charge in [-0.3, -0.25) is 0 Å². The molecular formula is C31H66Cl2N2. The molecule has 0 aliphatic carbocycles. The quantitative estimate of drug-likeness (QED) is 0.151. The van der Waals surface area contributed by atoms with Crippen LogP contribution in [0, 0.1) is 11.8 Å². The Hall–Kier alpha value is 0.500. The first-order valence-electron chi connectivity index (χ1n) is 15.7. The molecule has 0 aromatic heterocycles. The van der Waals surface area contributed by atoms with Crippen molar-refractivity contribution in [1.82, 2.24) is 9.80 Å². The third-order valence-corrected chi connectivity index (χ3v) is 8.17. The topological polar surface area (TPSA) is 6.48 Å². The number of likely N-dealkylation sites (tertiary alicyclic amines) is 2. The van der Waals surface area contributed by atoms with Crippen molar-refractivity contribution in [2.75, 3.05) is 39.3 Å². The van der Waals surface area contributed by atoms with E-state index in [2.05, 4.69) is 37.5 Å². The molecule has 214 valence electrons. The van der Waals surface area contributed by atoms with Crippen molar-refractivity contribution in [3.63, 3.8) is 0 Å². The summed E-state index contributed by atoms with van der Waals surface area (Å²) < 4.78 is 0. The minimum absolute atomic E-state index is 0. The smallest absolute Gasteiger partial charge is 0.00101 e. The van der Waals surface area contributed by atoms with Crippen molar-refractivity contribution in [3.05, 3.63) is 0 Å². The lowest BCUT2D eigenvalue weighted by atomic mass is 10.0. The second kappa shape index (κ2) is 27.5. The molecule has 2 saturated heterocycles. The van der Waals surface area contributed by atoms with Gasteiger partial charge in [-0.1, -0.05) is 118 Å². The Kier molecular flexibility index (Phi) is 29.6. The maximum Gasteiger partial charge on any atom is 0.00101 e. The molecule has 2 aliphatic rings. The monoisotopic (exact) mass is 536 g/mol. The number of hydrogen-bond donors (Lipinski definition) is 0. The molecule has 2 nitrogen and oxygen atoms in total. The number of unbranched alkanes of at least 4 members (excludes halogenated alkanes) is 12. The molecule has 2 unspecified atom stereocenters. The van der Waals surface area contributed by atoms with Crippen LogP contribution in [0.1, 0.15) is 150 Å². The lowest BCUT2D eigenvalue weighted by molar-refractivity contribution is 0.311. The highest BCUT2D eigenvalue weighted by atomic mass is 35.5. The first kappa shape index (κ1) is 37.7. The summed E-state index contributed by atoms with van der Waals surface area (Å²) in [5.74, 6) is 2.02. The van der Waals surface area contributed by atoms with Crippen LogP contribution in [0.5, 0.6) is 0 Å². The summed E-state index contributed by atoms with van der Waals surface area (Å²) in [5.41, 5.74) is 0. The molecule has 2 rings (SSSR count). The minimum Gasteiger partial charge on any atom is -0.303 e. The summed E-state index contributed by atoms with van der Waals surface area (Å²) in [7, 11) is 0. The molecule has 4 heteroatoms. The first-order chi connectivity index (χ1) is 16.2. The zero-order valence-corrected chi connectivity index (χ0v) is 26.2. The molecule has 0 bridgehead atoms. The SMILES string of the molecule is CCCCCCCCCN1CCC(CC)C1.CCCCCCCCCN1CCC(CCC)C1.Cl.Cl. The van der Waals surface area contributed by atoms with Gasteiger partial charge in [-0.15, -0.1) is 24.8 Å². The number of hydrogen-bond acceptors (Lipinski definition) is 2. The van der Waals surface area contributed by atoms with Crippen LogP contribution in [0.2, 0.25) is 0 Å². The second-order valence-electron chi connectivity index (χ2n) is 11.4. The van der Waals surface area contributed by atoms with E-state index in [1.54, 1.807) is 0 Å². The maximum atomic E-state index is 2.70. The van der Waals surface area contributed by atoms with Gasteiger partial charge < -0.3 is 9.80 Å². The van der Waals surface area contributed by atoms with Crippen molar-refractivity contribution < 1.29 is 0 Å². The molecule has 0 N–H and O–H groups in total. The Balaban J connectivity index is 0. The van der Waals surface area contributed by atoms with Crippen LogP contribution in [0.4, 0.5) is 0 Å². The lowest BCUT2D eigenvalue weighted by Crippen LogP contribution is -2.21. The summed E-state index contributed by atoms with van der Waals surface area (Å²) in [5, 5.41) is 0. The lowest BCUT2D eigenvalue weighted by Gasteiger charge is -2.15. The maximum absolute atomic E-state index is 2.70. The molecule has 2 heterocycles. The summed E-state index contributed by atoms with van der Waals surface area (Å²) >= 11 is 0. The predicted octanol–water partition coefficient (Wildman–Crippen LogP) is 10.2. The minimum atomic E-state index is 0. The van der Waals surface area contributed by atoms with Gasteiger partial charge in [0, 0.05) is 13.1 Å². The fraction of sp³-hybridized carbons (Fsp3) is 1.00. The van der Waals surface area contributed by atoms with Gasteiger partial charge in [-0.2, -0.15) is 0 Å². The van der Waals surface area contributed by atoms with E-state index in [4.69, 9.17) is 0 Å². The summed E-state index contributed by atoms with van der Waals surface area (Å²) in [6.45, 7) is 17.5. The Labute approximate surface area is 235 Å². The molecule has 2 aliphatic heterocycles. The standard InChI is InChI=1S/C16H33N.C15H31N.2ClH/c1-3-5-6-7-8-9-10-13-17-14-12-16(15-17)11-4-2;1-3-5-6-7-8-9-10-12-16-13-11-15(4-2)14-16;;/h16H,3-15H2,1-2H3;15H,3-14H2,1-2H3;2*1H. The third-order valence-electron chi connectivity index (χ3n) is 8.17. The zero-order valence-electron chi connectivity index (χ0n) is 24.5. The molecule has 2 atom stereocenters. The number of nitrogens with zero attached hydrogens (tertiary/aromatic N) is 2. The van der Waals surface area contributed by atoms with E-state index in [0.29, 0.717) is 0 Å². The zero-order chi connectivity index (χ0) is 24.0. The van der Waals surface area contributed by atoms with Crippen molar-refractivity contribution in [1.29, 1.82) is 0 Å². The van der Waals surface area contributed by atoms with E-state index in [9.17, 15) is 0 Å². The van der Waals surface area contributed by atoms with Crippen LogP contribution < -0.4 is 0 Å². The van der Waals surface area contributed by atoms with Crippen molar-refractivity contribution in [2.45, 2.75) is 150 Å². The average molecular weight is 538 g/mol. The fourth-order valence-corrected chi connectivity index (χ4v) is 5.79. The van der Waals surface area contributed by atoms with Gasteiger partial charge in [-0.05, 0) is 70.1 Å². The van der Waals surface area contributed by atoms with Crippen molar-refractivity contribution in [2.24, 2.45) is 11.8 Å². The summed E-state index contributed by atoms with van der Waals surface area (Å²) in [6.07, 6.45) is 27.3. The molecule has 0 radical (unpaired) electrons. The first-order valence-corrected chi connectivity index (χ1v) is 15.7. The molecule has 0 spiro atoms. The van der Waals surface area contributed by atoms with E-state index in [0.717, 1.165) is 11.8 Å². The van der Waals surface area contributed by atoms with Crippen LogP contribution in [0.3, 0.4) is 0 Å². The highest BCUT2D eigenvalue weighted by Gasteiger charge is 2.21. The average Bonchev–Trinajstić information content (AvgIpc) is 3.48. The second-order valence-corrected chi connectivity index (χ2v) is 11.4. The summed E-state index contributed by atoms with van der Waals surface area (Å²) in [4.78, 5) is 5.38. The Morgan fingerprint density at radius 2 is 0.886 bits per heavy atom. The van der Waals surface area contributed by atoms with Crippen molar-refractivity contribution >= 4 is 24.8 Å². The van der Waals surface area contributed by atoms with E-state index in [1.807, 2.05) is 0 Å². The van der Waals surface area contributed by atoms with E-state index >= 15 is 0 Å². The molecule has 35 heavy (non-hydrogen) atoms. The highest BCUT2D eigenvalue weighted by molar-refractivity contribution is 5.85. The number of rotatable bonds is 19. The van der Waals surface area contributed by atoms with Gasteiger partial charge in [0.05, 0.1) is 0 Å². The van der Waals surface area contributed by atoms with Crippen LogP contribution >= 0.6 is 24.8 Å². The Morgan fingerprint density at radius 1 is 0.486 bits per heavy atom. The molecule has 0 aromatic rings. The van der Waals surface area contributed by atoms with Crippen LogP contribution in [0.15, 0.2) is 0 Å². The van der Waals surface area contributed by atoms with Gasteiger partial charge in [0.2, 0.25) is 0 Å². The summed E-state index contributed by atoms with van der Waals surface area (Å²) in [6, 6.07) is 0. The van der Waals surface area contributed by atoms with E-state index < -0.39 is 0 Å². The van der Waals surface area contributed by atoms with E-state index in [1.165, 1.54) is 161 Å². The number of halogens is 2. The molecular weight excluding hydrogens is 471 g/mol. The Morgan fingerprint density at radius 3 is 1.29 bits per heavy atom. The highest BCUT2D eigenvalue weighted by Crippen LogP contribution is 2.21. The Bertz CT molecular complexity index is 407. The molecule has 0 saturated carbocycles. The normalized spacial score (nSPS) is 20.2.